The third-order valence-corrected chi connectivity index (χ3v) is 5.72. The molecule has 0 aliphatic carbocycles. The van der Waals surface area contributed by atoms with Gasteiger partial charge in [0.2, 0.25) is 5.91 Å². The zero-order valence-electron chi connectivity index (χ0n) is 12.6. The molecule has 0 unspecified atom stereocenters. The normalized spacial score (nSPS) is 19.5. The van der Waals surface area contributed by atoms with Gasteiger partial charge < -0.3 is 10.6 Å². The third-order valence-electron chi connectivity index (χ3n) is 3.67. The second-order valence-corrected chi connectivity index (χ2v) is 7.91. The number of carbonyl (C=O) groups is 1. The van der Waals surface area contributed by atoms with Crippen LogP contribution in [0.2, 0.25) is 5.02 Å². The number of hydrogen-bond acceptors (Lipinski definition) is 4. The van der Waals surface area contributed by atoms with Gasteiger partial charge in [0.15, 0.2) is 9.84 Å². The van der Waals surface area contributed by atoms with Crippen LogP contribution in [0, 0.1) is 0 Å². The number of carbonyl (C=O) groups excluding carboxylic acids is 1. The van der Waals surface area contributed by atoms with E-state index in [2.05, 4.69) is 10.6 Å². The van der Waals surface area contributed by atoms with Gasteiger partial charge in [0.1, 0.15) is 0 Å². The van der Waals surface area contributed by atoms with E-state index in [0.29, 0.717) is 41.4 Å². The predicted octanol–water partition coefficient (Wildman–Crippen LogP) is 2.06. The monoisotopic (exact) mass is 344 g/mol. The molecule has 22 heavy (non-hydrogen) atoms. The molecule has 1 aromatic rings. The van der Waals surface area contributed by atoms with Crippen LogP contribution >= 0.6 is 11.6 Å². The molecular weight excluding hydrogens is 324 g/mol. The summed E-state index contributed by atoms with van der Waals surface area (Å²) in [5.41, 5.74) is 0.702. The molecule has 0 radical (unpaired) electrons. The zero-order chi connectivity index (χ0) is 16.2. The molecule has 1 aliphatic heterocycles. The minimum atomic E-state index is -3.22. The Bertz CT molecular complexity index is 646. The number of rotatable bonds is 6. The van der Waals surface area contributed by atoms with Crippen LogP contribution in [0.25, 0.3) is 0 Å². The molecule has 2 N–H and O–H groups in total. The Hall–Kier alpha value is -1.11. The van der Waals surface area contributed by atoms with Gasteiger partial charge in [-0.1, -0.05) is 18.5 Å². The average molecular weight is 345 g/mol. The van der Waals surface area contributed by atoms with Crippen LogP contribution in [-0.4, -0.2) is 33.2 Å². The highest BCUT2D eigenvalue weighted by molar-refractivity contribution is 7.91. The zero-order valence-corrected chi connectivity index (χ0v) is 14.1. The number of nitrogens with one attached hydrogen (secondary N) is 2. The van der Waals surface area contributed by atoms with Crippen molar-refractivity contribution in [2.75, 3.05) is 18.8 Å². The smallest absolute Gasteiger partial charge is 0.221 e. The molecular formula is C15H21ClN2O3S. The molecule has 1 aliphatic rings. The van der Waals surface area contributed by atoms with Crippen LogP contribution < -0.4 is 10.6 Å². The fourth-order valence-electron chi connectivity index (χ4n) is 2.54. The SMILES string of the molecule is CCCNC(=O)CCN[C@@H]1CCS(=O)(=O)c2ccc(Cl)cc21. The molecule has 0 bridgehead atoms. The van der Waals surface area contributed by atoms with E-state index in [4.69, 9.17) is 11.6 Å². The number of amides is 1. The molecule has 0 saturated carbocycles. The van der Waals surface area contributed by atoms with Crippen molar-refractivity contribution in [3.05, 3.63) is 28.8 Å². The van der Waals surface area contributed by atoms with Gasteiger partial charge >= 0.3 is 0 Å². The van der Waals surface area contributed by atoms with Gasteiger partial charge in [0, 0.05) is 30.6 Å². The summed E-state index contributed by atoms with van der Waals surface area (Å²) in [5.74, 6) is 0.116. The van der Waals surface area contributed by atoms with Crippen molar-refractivity contribution in [3.8, 4) is 0 Å². The summed E-state index contributed by atoms with van der Waals surface area (Å²) < 4.78 is 24.2. The third kappa shape index (κ3) is 4.21. The first-order valence-electron chi connectivity index (χ1n) is 7.46. The summed E-state index contributed by atoms with van der Waals surface area (Å²) >= 11 is 5.99. The van der Waals surface area contributed by atoms with Crippen molar-refractivity contribution >= 4 is 27.3 Å². The minimum Gasteiger partial charge on any atom is -0.356 e. The van der Waals surface area contributed by atoms with Gasteiger partial charge in [-0.25, -0.2) is 8.42 Å². The van der Waals surface area contributed by atoms with Gasteiger partial charge in [-0.05, 0) is 36.6 Å². The Morgan fingerprint density at radius 1 is 1.36 bits per heavy atom. The van der Waals surface area contributed by atoms with Gasteiger partial charge in [-0.3, -0.25) is 4.79 Å². The molecule has 0 fully saturated rings. The maximum atomic E-state index is 12.1. The van der Waals surface area contributed by atoms with E-state index in [0.717, 1.165) is 6.42 Å². The Balaban J connectivity index is 2.02. The number of halogens is 1. The van der Waals surface area contributed by atoms with Gasteiger partial charge in [0.25, 0.3) is 0 Å². The lowest BCUT2D eigenvalue weighted by molar-refractivity contribution is -0.121. The van der Waals surface area contributed by atoms with Crippen molar-refractivity contribution in [2.45, 2.75) is 37.1 Å². The molecule has 5 nitrogen and oxygen atoms in total. The van der Waals surface area contributed by atoms with E-state index in [-0.39, 0.29) is 17.7 Å². The lowest BCUT2D eigenvalue weighted by Gasteiger charge is -2.26. The van der Waals surface area contributed by atoms with Crippen molar-refractivity contribution in [2.24, 2.45) is 0 Å². The highest BCUT2D eigenvalue weighted by atomic mass is 35.5. The first kappa shape index (κ1) is 17.2. The summed E-state index contributed by atoms with van der Waals surface area (Å²) in [6.07, 6.45) is 1.77. The molecule has 122 valence electrons. The molecule has 0 saturated heterocycles. The van der Waals surface area contributed by atoms with Gasteiger partial charge in [-0.2, -0.15) is 0 Å². The van der Waals surface area contributed by atoms with Gasteiger partial charge in [0.05, 0.1) is 10.6 Å². The molecule has 2 rings (SSSR count). The summed E-state index contributed by atoms with van der Waals surface area (Å²) in [6, 6.07) is 4.77. The van der Waals surface area contributed by atoms with Gasteiger partial charge in [-0.15, -0.1) is 0 Å². The van der Waals surface area contributed by atoms with Crippen molar-refractivity contribution < 1.29 is 13.2 Å². The minimum absolute atomic E-state index is 0.00379. The summed E-state index contributed by atoms with van der Waals surface area (Å²) in [7, 11) is -3.22. The summed E-state index contributed by atoms with van der Waals surface area (Å²) in [5, 5.41) is 6.60. The van der Waals surface area contributed by atoms with Crippen LogP contribution in [0.4, 0.5) is 0 Å². The number of benzene rings is 1. The van der Waals surface area contributed by atoms with Crippen LogP contribution in [0.15, 0.2) is 23.1 Å². The molecule has 1 heterocycles. The maximum absolute atomic E-state index is 12.1. The highest BCUT2D eigenvalue weighted by Crippen LogP contribution is 2.33. The molecule has 1 aromatic carbocycles. The van der Waals surface area contributed by atoms with Crippen LogP contribution in [0.3, 0.4) is 0 Å². The largest absolute Gasteiger partial charge is 0.356 e. The summed E-state index contributed by atoms with van der Waals surface area (Å²) in [6.45, 7) is 3.19. The fraction of sp³-hybridized carbons (Fsp3) is 0.533. The summed E-state index contributed by atoms with van der Waals surface area (Å²) in [4.78, 5) is 11.9. The van der Waals surface area contributed by atoms with Crippen LogP contribution in [0.5, 0.6) is 0 Å². The Morgan fingerprint density at radius 3 is 2.86 bits per heavy atom. The average Bonchev–Trinajstić information content (AvgIpc) is 2.47. The Labute approximate surface area is 136 Å². The standard InChI is InChI=1S/C15H21ClN2O3S/c1-2-7-18-15(19)5-8-17-13-6-9-22(20,21)14-4-3-11(16)10-12(13)14/h3-4,10,13,17H,2,5-9H2,1H3,(H,18,19)/t13-/m1/s1. The highest BCUT2D eigenvalue weighted by Gasteiger charge is 2.30. The first-order valence-corrected chi connectivity index (χ1v) is 9.49. The van der Waals surface area contributed by atoms with E-state index in [9.17, 15) is 13.2 Å². The molecule has 1 atom stereocenters. The second kappa shape index (κ2) is 7.44. The molecule has 7 heteroatoms. The lowest BCUT2D eigenvalue weighted by atomic mass is 10.0. The van der Waals surface area contributed by atoms with E-state index >= 15 is 0 Å². The van der Waals surface area contributed by atoms with Crippen LogP contribution in [0.1, 0.15) is 37.8 Å². The van der Waals surface area contributed by atoms with E-state index in [1.54, 1.807) is 18.2 Å². The van der Waals surface area contributed by atoms with E-state index in [1.165, 1.54) is 0 Å². The van der Waals surface area contributed by atoms with E-state index in [1.807, 2.05) is 6.92 Å². The Morgan fingerprint density at radius 2 is 2.14 bits per heavy atom. The molecule has 0 aromatic heterocycles. The van der Waals surface area contributed by atoms with E-state index < -0.39 is 9.84 Å². The fourth-order valence-corrected chi connectivity index (χ4v) is 4.32. The van der Waals surface area contributed by atoms with Crippen LogP contribution in [-0.2, 0) is 14.6 Å². The number of hydrogen-bond donors (Lipinski definition) is 2. The first-order chi connectivity index (χ1) is 10.4. The quantitative estimate of drug-likeness (QED) is 0.828. The number of sulfone groups is 1. The predicted molar refractivity (Wildman–Crippen MR) is 86.8 cm³/mol. The van der Waals surface area contributed by atoms with Crippen molar-refractivity contribution in [1.29, 1.82) is 0 Å². The molecule has 1 amide bonds. The lowest BCUT2D eigenvalue weighted by Crippen LogP contribution is -2.33. The topological polar surface area (TPSA) is 75.3 Å². The maximum Gasteiger partial charge on any atom is 0.221 e. The number of fused-ring (bicyclic) bond motifs is 1. The Kier molecular flexibility index (Phi) is 5.83. The molecule has 0 spiro atoms. The second-order valence-electron chi connectivity index (χ2n) is 5.40. The van der Waals surface area contributed by atoms with Crippen molar-refractivity contribution in [1.82, 2.24) is 10.6 Å². The van der Waals surface area contributed by atoms with Crippen molar-refractivity contribution in [3.63, 3.8) is 0 Å².